The van der Waals surface area contributed by atoms with Crippen LogP contribution in [0.25, 0.3) is 0 Å². The van der Waals surface area contributed by atoms with Gasteiger partial charge in [-0.15, -0.1) is 0 Å². The Kier molecular flexibility index (Phi) is 8.05. The van der Waals surface area contributed by atoms with Gasteiger partial charge in [-0.05, 0) is 54.4 Å². The van der Waals surface area contributed by atoms with Crippen molar-refractivity contribution in [3.05, 3.63) is 0 Å². The van der Waals surface area contributed by atoms with Gasteiger partial charge in [0.2, 0.25) is 0 Å². The van der Waals surface area contributed by atoms with Gasteiger partial charge in [-0.25, -0.2) is 0 Å². The molecule has 1 N–H and O–H groups in total. The summed E-state index contributed by atoms with van der Waals surface area (Å²) >= 11 is 0. The van der Waals surface area contributed by atoms with Gasteiger partial charge in [0.15, 0.2) is 0 Å². The Morgan fingerprint density at radius 3 is 1.74 bits per heavy atom. The number of carboxylic acid groups (broad SMARTS) is 1. The largest absolute Gasteiger partial charge is 0.481 e. The molecule has 0 saturated heterocycles. The fourth-order valence-corrected chi connectivity index (χ4v) is 1.82. The average molecular weight is 347 g/mol. The first-order chi connectivity index (χ1) is 7.84. The molecule has 1 atom stereocenters. The molecule has 0 aliphatic heterocycles. The van der Waals surface area contributed by atoms with Crippen LogP contribution in [0.15, 0.2) is 0 Å². The van der Waals surface area contributed by atoms with Crippen molar-refractivity contribution in [2.45, 2.75) is 66.9 Å². The minimum absolute atomic E-state index is 0. The van der Waals surface area contributed by atoms with E-state index < -0.39 is 22.4 Å². The fraction of sp³-hybridized carbons (Fsp3) is 0.857. The monoisotopic (exact) mass is 347 g/mol. The quantitative estimate of drug-likeness (QED) is 0.776. The molecule has 0 aromatic rings. The van der Waals surface area contributed by atoms with Crippen LogP contribution in [0.3, 0.4) is 0 Å². The van der Waals surface area contributed by atoms with E-state index >= 15 is 0 Å². The third-order valence-corrected chi connectivity index (χ3v) is 3.08. The molecule has 109 valence electrons. The van der Waals surface area contributed by atoms with Crippen LogP contribution in [0.4, 0.5) is 0 Å². The van der Waals surface area contributed by atoms with E-state index in [1.54, 1.807) is 41.5 Å². The van der Waals surface area contributed by atoms with Crippen molar-refractivity contribution >= 4 is 11.9 Å². The Bertz CT molecular complexity index is 331. The molecular weight excluding hydrogens is 321 g/mol. The van der Waals surface area contributed by atoms with Crippen molar-refractivity contribution in [3.63, 3.8) is 0 Å². The SMILES string of the molecule is CCC(C)(CC(C)(C)C(=O)OC(C)(C)C)C(=O)O.[Y]. The Morgan fingerprint density at radius 1 is 1.05 bits per heavy atom. The van der Waals surface area contributed by atoms with Gasteiger partial charge < -0.3 is 9.84 Å². The van der Waals surface area contributed by atoms with E-state index in [4.69, 9.17) is 4.74 Å². The van der Waals surface area contributed by atoms with E-state index in [2.05, 4.69) is 0 Å². The molecule has 0 fully saturated rings. The summed E-state index contributed by atoms with van der Waals surface area (Å²) in [4.78, 5) is 23.4. The summed E-state index contributed by atoms with van der Waals surface area (Å²) in [6, 6.07) is 0. The van der Waals surface area contributed by atoms with Crippen molar-refractivity contribution < 1.29 is 52.1 Å². The van der Waals surface area contributed by atoms with E-state index in [1.807, 2.05) is 6.92 Å². The van der Waals surface area contributed by atoms with Crippen LogP contribution in [-0.2, 0) is 47.0 Å². The minimum Gasteiger partial charge on any atom is -0.481 e. The molecule has 0 aliphatic carbocycles. The number of carboxylic acids is 1. The first-order valence-electron chi connectivity index (χ1n) is 6.31. The maximum atomic E-state index is 12.1. The second kappa shape index (κ2) is 7.17. The average Bonchev–Trinajstić information content (AvgIpc) is 2.13. The van der Waals surface area contributed by atoms with Crippen LogP contribution in [0.2, 0.25) is 0 Å². The smallest absolute Gasteiger partial charge is 0.312 e. The topological polar surface area (TPSA) is 63.6 Å². The normalized spacial score (nSPS) is 15.1. The number of carbonyl (C=O) groups excluding carboxylic acids is 1. The third kappa shape index (κ3) is 6.85. The zero-order valence-corrected chi connectivity index (χ0v) is 16.0. The van der Waals surface area contributed by atoms with Gasteiger partial charge in [-0.2, -0.15) is 0 Å². The van der Waals surface area contributed by atoms with Crippen molar-refractivity contribution in [2.24, 2.45) is 10.8 Å². The number of carbonyl (C=O) groups is 2. The summed E-state index contributed by atoms with van der Waals surface area (Å²) in [6.07, 6.45) is 0.745. The molecule has 0 aromatic carbocycles. The van der Waals surface area contributed by atoms with Gasteiger partial charge in [0.25, 0.3) is 0 Å². The van der Waals surface area contributed by atoms with Crippen LogP contribution in [0.5, 0.6) is 0 Å². The molecule has 0 amide bonds. The summed E-state index contributed by atoms with van der Waals surface area (Å²) in [7, 11) is 0. The molecule has 0 heterocycles. The summed E-state index contributed by atoms with van der Waals surface area (Å²) < 4.78 is 5.34. The predicted molar refractivity (Wildman–Crippen MR) is 70.3 cm³/mol. The summed E-state index contributed by atoms with van der Waals surface area (Å²) in [5.74, 6) is -1.22. The zero-order chi connectivity index (χ0) is 14.8. The van der Waals surface area contributed by atoms with Gasteiger partial charge in [-0.3, -0.25) is 9.59 Å². The van der Waals surface area contributed by atoms with Gasteiger partial charge >= 0.3 is 11.9 Å². The van der Waals surface area contributed by atoms with E-state index in [9.17, 15) is 14.7 Å². The Balaban J connectivity index is 0. The van der Waals surface area contributed by atoms with E-state index in [-0.39, 0.29) is 45.1 Å². The first kappa shape index (κ1) is 21.3. The number of hydrogen-bond donors (Lipinski definition) is 1. The number of hydrogen-bond acceptors (Lipinski definition) is 3. The minimum atomic E-state index is -0.902. The molecule has 5 heteroatoms. The molecular formula is C14H26O4Y. The van der Waals surface area contributed by atoms with Crippen LogP contribution < -0.4 is 0 Å². The molecule has 1 radical (unpaired) electrons. The van der Waals surface area contributed by atoms with Gasteiger partial charge in [0, 0.05) is 32.7 Å². The zero-order valence-electron chi connectivity index (χ0n) is 13.2. The molecule has 4 nitrogen and oxygen atoms in total. The van der Waals surface area contributed by atoms with Crippen LogP contribution in [-0.4, -0.2) is 22.6 Å². The Morgan fingerprint density at radius 2 is 1.47 bits per heavy atom. The van der Waals surface area contributed by atoms with Gasteiger partial charge in [0.1, 0.15) is 5.60 Å². The number of esters is 1. The van der Waals surface area contributed by atoms with Crippen molar-refractivity contribution in [1.82, 2.24) is 0 Å². The van der Waals surface area contributed by atoms with E-state index in [0.717, 1.165) is 0 Å². The Labute approximate surface area is 141 Å². The van der Waals surface area contributed by atoms with Crippen molar-refractivity contribution in [1.29, 1.82) is 0 Å². The summed E-state index contributed by atoms with van der Waals surface area (Å²) in [6.45, 7) is 12.4. The van der Waals surface area contributed by atoms with Gasteiger partial charge in [-0.1, -0.05) is 6.92 Å². The van der Waals surface area contributed by atoms with Crippen LogP contribution >= 0.6 is 0 Å². The third-order valence-electron chi connectivity index (χ3n) is 3.08. The molecule has 1 unspecified atom stereocenters. The van der Waals surface area contributed by atoms with Crippen LogP contribution in [0, 0.1) is 10.8 Å². The maximum Gasteiger partial charge on any atom is 0.312 e. The number of aliphatic carboxylic acids is 1. The van der Waals surface area contributed by atoms with Crippen molar-refractivity contribution in [2.75, 3.05) is 0 Å². The molecule has 0 bridgehead atoms. The Hall–Kier alpha value is 0.0439. The fourth-order valence-electron chi connectivity index (χ4n) is 1.82. The standard InChI is InChI=1S/C14H26O4.Y/c1-8-14(7,10(15)16)9-13(5,6)11(17)18-12(2,3)4;/h8-9H2,1-7H3,(H,15,16);. The van der Waals surface area contributed by atoms with E-state index in [0.29, 0.717) is 6.42 Å². The second-order valence-corrected chi connectivity index (χ2v) is 6.78. The van der Waals surface area contributed by atoms with Crippen molar-refractivity contribution in [3.8, 4) is 0 Å². The molecule has 0 saturated carbocycles. The first-order valence-corrected chi connectivity index (χ1v) is 6.31. The molecule has 0 rings (SSSR count). The number of rotatable bonds is 5. The van der Waals surface area contributed by atoms with E-state index in [1.165, 1.54) is 0 Å². The maximum absolute atomic E-state index is 12.1. The predicted octanol–water partition coefficient (Wildman–Crippen LogP) is 3.24. The molecule has 0 spiro atoms. The summed E-state index contributed by atoms with van der Waals surface area (Å²) in [5, 5.41) is 9.26. The van der Waals surface area contributed by atoms with Gasteiger partial charge in [0.05, 0.1) is 10.8 Å². The van der Waals surface area contributed by atoms with Crippen LogP contribution in [0.1, 0.15) is 61.3 Å². The second-order valence-electron chi connectivity index (χ2n) is 6.78. The molecule has 19 heavy (non-hydrogen) atoms. The summed E-state index contributed by atoms with van der Waals surface area (Å²) in [5.41, 5.74) is -2.27. The number of ether oxygens (including phenoxy) is 1. The molecule has 0 aromatic heterocycles. The molecule has 0 aliphatic rings.